The molecule has 1 fully saturated rings. The molecule has 1 aliphatic heterocycles. The summed E-state index contributed by atoms with van der Waals surface area (Å²) in [5.74, 6) is -0.261. The number of anilines is 1. The Labute approximate surface area is 139 Å². The van der Waals surface area contributed by atoms with Crippen molar-refractivity contribution in [1.82, 2.24) is 4.90 Å². The van der Waals surface area contributed by atoms with E-state index in [4.69, 9.17) is 0 Å². The van der Waals surface area contributed by atoms with Crippen LogP contribution in [0.15, 0.2) is 59.5 Å². The van der Waals surface area contributed by atoms with Crippen molar-refractivity contribution >= 4 is 34.7 Å². The summed E-state index contributed by atoms with van der Waals surface area (Å²) in [7, 11) is 0. The number of benzene rings is 2. The highest BCUT2D eigenvalue weighted by molar-refractivity contribution is 8.18. The van der Waals surface area contributed by atoms with Crippen LogP contribution in [0.4, 0.5) is 10.5 Å². The molecule has 1 heterocycles. The van der Waals surface area contributed by atoms with Crippen LogP contribution >= 0.6 is 11.8 Å². The monoisotopic (exact) mass is 324 g/mol. The minimum atomic E-state index is -0.261. The SMILES string of the molecule is Cc1ccc(NCN2C(=O)SC(=Cc3ccccc3)C2=O)cc1. The maximum absolute atomic E-state index is 12.4. The van der Waals surface area contributed by atoms with Gasteiger partial charge in [0.1, 0.15) is 0 Å². The summed E-state index contributed by atoms with van der Waals surface area (Å²) in [5, 5.41) is 2.85. The molecule has 23 heavy (non-hydrogen) atoms. The van der Waals surface area contributed by atoms with Crippen LogP contribution in [0.25, 0.3) is 6.08 Å². The van der Waals surface area contributed by atoms with Crippen LogP contribution in [0, 0.1) is 6.92 Å². The Bertz CT molecular complexity index is 754. The van der Waals surface area contributed by atoms with Crippen molar-refractivity contribution in [1.29, 1.82) is 0 Å². The van der Waals surface area contributed by atoms with E-state index in [0.717, 1.165) is 28.6 Å². The lowest BCUT2D eigenvalue weighted by Gasteiger charge is -2.14. The number of amides is 2. The summed E-state index contributed by atoms with van der Waals surface area (Å²) in [5.41, 5.74) is 2.94. The number of hydrogen-bond donors (Lipinski definition) is 1. The number of imide groups is 1. The number of carbonyl (C=O) groups is 2. The van der Waals surface area contributed by atoms with E-state index in [-0.39, 0.29) is 17.8 Å². The molecule has 5 heteroatoms. The lowest BCUT2D eigenvalue weighted by atomic mass is 10.2. The fourth-order valence-corrected chi connectivity index (χ4v) is 3.02. The quantitative estimate of drug-likeness (QED) is 0.860. The zero-order chi connectivity index (χ0) is 16.2. The number of rotatable bonds is 4. The van der Waals surface area contributed by atoms with Crippen molar-refractivity contribution < 1.29 is 9.59 Å². The van der Waals surface area contributed by atoms with Gasteiger partial charge in [-0.1, -0.05) is 48.0 Å². The summed E-state index contributed by atoms with van der Waals surface area (Å²) < 4.78 is 0. The van der Waals surface area contributed by atoms with Crippen molar-refractivity contribution in [2.45, 2.75) is 6.92 Å². The second kappa shape index (κ2) is 6.71. The number of aryl methyl sites for hydroxylation is 1. The van der Waals surface area contributed by atoms with Gasteiger partial charge in [-0.2, -0.15) is 0 Å². The Morgan fingerprint density at radius 3 is 2.43 bits per heavy atom. The maximum Gasteiger partial charge on any atom is 0.295 e. The van der Waals surface area contributed by atoms with E-state index in [9.17, 15) is 9.59 Å². The minimum absolute atomic E-state index is 0.167. The zero-order valence-corrected chi connectivity index (χ0v) is 13.5. The van der Waals surface area contributed by atoms with Crippen LogP contribution < -0.4 is 5.32 Å². The van der Waals surface area contributed by atoms with E-state index in [1.807, 2.05) is 61.5 Å². The summed E-state index contributed by atoms with van der Waals surface area (Å²) >= 11 is 0.973. The van der Waals surface area contributed by atoms with Gasteiger partial charge in [0.15, 0.2) is 0 Å². The van der Waals surface area contributed by atoms with Gasteiger partial charge in [-0.15, -0.1) is 0 Å². The predicted molar refractivity (Wildman–Crippen MR) is 93.9 cm³/mol. The lowest BCUT2D eigenvalue weighted by Crippen LogP contribution is -2.33. The van der Waals surface area contributed by atoms with Crippen molar-refractivity contribution in [2.75, 3.05) is 12.0 Å². The van der Waals surface area contributed by atoms with Crippen molar-refractivity contribution in [3.05, 3.63) is 70.6 Å². The third-order valence-corrected chi connectivity index (χ3v) is 4.37. The normalized spacial score (nSPS) is 16.2. The molecule has 116 valence electrons. The van der Waals surface area contributed by atoms with E-state index in [1.165, 1.54) is 4.90 Å². The summed E-state index contributed by atoms with van der Waals surface area (Å²) in [4.78, 5) is 26.1. The van der Waals surface area contributed by atoms with Gasteiger partial charge in [0.2, 0.25) is 0 Å². The molecular weight excluding hydrogens is 308 g/mol. The first kappa shape index (κ1) is 15.4. The van der Waals surface area contributed by atoms with Crippen LogP contribution in [-0.2, 0) is 4.79 Å². The van der Waals surface area contributed by atoms with Gasteiger partial charge in [0.05, 0.1) is 11.6 Å². The van der Waals surface area contributed by atoms with E-state index < -0.39 is 0 Å². The van der Waals surface area contributed by atoms with Crippen molar-refractivity contribution in [3.8, 4) is 0 Å². The molecule has 0 atom stereocenters. The molecule has 2 aromatic carbocycles. The Morgan fingerprint density at radius 1 is 1.04 bits per heavy atom. The number of nitrogens with one attached hydrogen (secondary N) is 1. The van der Waals surface area contributed by atoms with Gasteiger partial charge in [0.25, 0.3) is 11.1 Å². The van der Waals surface area contributed by atoms with Gasteiger partial charge in [-0.3, -0.25) is 14.5 Å². The third-order valence-electron chi connectivity index (χ3n) is 3.46. The Hall–Kier alpha value is -2.53. The molecule has 4 nitrogen and oxygen atoms in total. The zero-order valence-electron chi connectivity index (χ0n) is 12.7. The molecule has 0 aromatic heterocycles. The molecule has 2 amide bonds. The highest BCUT2D eigenvalue weighted by atomic mass is 32.2. The van der Waals surface area contributed by atoms with Crippen LogP contribution in [0.1, 0.15) is 11.1 Å². The topological polar surface area (TPSA) is 49.4 Å². The average Bonchev–Trinajstić information content (AvgIpc) is 2.82. The number of thioether (sulfide) groups is 1. The van der Waals surface area contributed by atoms with Crippen LogP contribution in [0.3, 0.4) is 0 Å². The molecule has 3 rings (SSSR count). The summed E-state index contributed by atoms with van der Waals surface area (Å²) in [6, 6.07) is 17.3. The second-order valence-corrected chi connectivity index (χ2v) is 6.21. The maximum atomic E-state index is 12.4. The fraction of sp³-hybridized carbons (Fsp3) is 0.111. The average molecular weight is 324 g/mol. The molecule has 2 aromatic rings. The molecule has 0 saturated carbocycles. The summed E-state index contributed by atoms with van der Waals surface area (Å²) in [6.45, 7) is 2.18. The van der Waals surface area contributed by atoms with Crippen molar-refractivity contribution in [2.24, 2.45) is 0 Å². The Kier molecular flexibility index (Phi) is 4.48. The molecule has 0 unspecified atom stereocenters. The standard InChI is InChI=1S/C18H16N2O2S/c1-13-7-9-15(10-8-13)19-12-20-17(21)16(23-18(20)22)11-14-5-3-2-4-6-14/h2-11,19H,12H2,1H3. The van der Waals surface area contributed by atoms with Gasteiger partial charge in [-0.25, -0.2) is 0 Å². The Balaban J connectivity index is 1.69. The molecule has 1 aliphatic rings. The molecule has 1 saturated heterocycles. The van der Waals surface area contributed by atoms with Crippen molar-refractivity contribution in [3.63, 3.8) is 0 Å². The first-order valence-electron chi connectivity index (χ1n) is 7.24. The van der Waals surface area contributed by atoms with Gasteiger partial charge >= 0.3 is 0 Å². The minimum Gasteiger partial charge on any atom is -0.367 e. The summed E-state index contributed by atoms with van der Waals surface area (Å²) in [6.07, 6.45) is 1.75. The third kappa shape index (κ3) is 3.63. The highest BCUT2D eigenvalue weighted by Crippen LogP contribution is 2.32. The van der Waals surface area contributed by atoms with Gasteiger partial charge in [-0.05, 0) is 42.5 Å². The van der Waals surface area contributed by atoms with Crippen LogP contribution in [0.2, 0.25) is 0 Å². The smallest absolute Gasteiger partial charge is 0.295 e. The van der Waals surface area contributed by atoms with Crippen LogP contribution in [0.5, 0.6) is 0 Å². The molecule has 0 bridgehead atoms. The number of hydrogen-bond acceptors (Lipinski definition) is 4. The highest BCUT2D eigenvalue weighted by Gasteiger charge is 2.34. The van der Waals surface area contributed by atoms with E-state index in [2.05, 4.69) is 5.32 Å². The first-order valence-corrected chi connectivity index (χ1v) is 8.06. The van der Waals surface area contributed by atoms with E-state index >= 15 is 0 Å². The molecule has 0 aliphatic carbocycles. The van der Waals surface area contributed by atoms with E-state index in [1.54, 1.807) is 6.08 Å². The molecular formula is C18H16N2O2S. The molecule has 0 spiro atoms. The van der Waals surface area contributed by atoms with Gasteiger partial charge in [0, 0.05) is 5.69 Å². The molecule has 1 N–H and O–H groups in total. The predicted octanol–water partition coefficient (Wildman–Crippen LogP) is 4.10. The second-order valence-electron chi connectivity index (χ2n) is 5.22. The first-order chi connectivity index (χ1) is 11.1. The number of nitrogens with zero attached hydrogens (tertiary/aromatic N) is 1. The fourth-order valence-electron chi connectivity index (χ4n) is 2.18. The molecule has 0 radical (unpaired) electrons. The largest absolute Gasteiger partial charge is 0.367 e. The van der Waals surface area contributed by atoms with Gasteiger partial charge < -0.3 is 5.32 Å². The van der Waals surface area contributed by atoms with E-state index in [0.29, 0.717) is 4.91 Å². The Morgan fingerprint density at radius 2 is 1.74 bits per heavy atom. The number of carbonyl (C=O) groups excluding carboxylic acids is 2. The lowest BCUT2D eigenvalue weighted by molar-refractivity contribution is -0.122. The van der Waals surface area contributed by atoms with Crippen LogP contribution in [-0.4, -0.2) is 22.7 Å².